The van der Waals surface area contributed by atoms with Crippen molar-refractivity contribution in [2.75, 3.05) is 19.6 Å². The average molecular weight is 500 g/mol. The third kappa shape index (κ3) is 8.55. The number of nitrogens with one attached hydrogen (secondary N) is 3. The van der Waals surface area contributed by atoms with Gasteiger partial charge in [-0.05, 0) is 49.2 Å². The maximum atomic E-state index is 12.9. The monoisotopic (exact) mass is 500 g/mol. The summed E-state index contributed by atoms with van der Waals surface area (Å²) in [5.74, 6) is 0.251. The minimum Gasteiger partial charge on any atom is -0.508 e. The Morgan fingerprint density at radius 3 is 2.46 bits per heavy atom. The number of rotatable bonds is 8. The number of aliphatic imine (C=N–C) groups is 1. The van der Waals surface area contributed by atoms with Crippen LogP contribution in [0.1, 0.15) is 29.3 Å². The van der Waals surface area contributed by atoms with Crippen LogP contribution in [0.3, 0.4) is 0 Å². The first-order valence-electron chi connectivity index (χ1n) is 8.92. The van der Waals surface area contributed by atoms with Crippen molar-refractivity contribution in [2.45, 2.75) is 19.9 Å². The van der Waals surface area contributed by atoms with Gasteiger partial charge in [0.1, 0.15) is 11.6 Å². The minimum atomic E-state index is -0.263. The van der Waals surface area contributed by atoms with Crippen LogP contribution in [0.2, 0.25) is 0 Å². The fraction of sp³-hybridized carbons (Fsp3) is 0.300. The molecule has 2 rings (SSSR count). The highest BCUT2D eigenvalue weighted by atomic mass is 127. The average Bonchev–Trinajstić information content (AvgIpc) is 2.66. The van der Waals surface area contributed by atoms with Gasteiger partial charge in [0.05, 0.1) is 6.54 Å². The van der Waals surface area contributed by atoms with E-state index in [1.165, 1.54) is 24.3 Å². The number of amides is 1. The van der Waals surface area contributed by atoms with Crippen LogP contribution < -0.4 is 16.0 Å². The Morgan fingerprint density at radius 1 is 1.07 bits per heavy atom. The van der Waals surface area contributed by atoms with E-state index < -0.39 is 0 Å². The Kier molecular flexibility index (Phi) is 10.9. The molecule has 0 spiro atoms. The molecule has 152 valence electrons. The van der Waals surface area contributed by atoms with Crippen molar-refractivity contribution in [3.05, 3.63) is 65.5 Å². The molecule has 28 heavy (non-hydrogen) atoms. The van der Waals surface area contributed by atoms with Crippen molar-refractivity contribution < 1.29 is 14.3 Å². The predicted octanol–water partition coefficient (Wildman–Crippen LogP) is 3.02. The zero-order valence-electron chi connectivity index (χ0n) is 15.7. The normalized spacial score (nSPS) is 10.7. The SMILES string of the molecule is CCNC(=NCc1ccc(F)cc1)NCCCNC(=O)c1cccc(O)c1.I. The van der Waals surface area contributed by atoms with Crippen molar-refractivity contribution in [2.24, 2.45) is 4.99 Å². The first-order chi connectivity index (χ1) is 13.1. The topological polar surface area (TPSA) is 85.8 Å². The number of carbonyl (C=O) groups excluding carboxylic acids is 1. The number of hydrogen-bond donors (Lipinski definition) is 4. The van der Waals surface area contributed by atoms with E-state index in [9.17, 15) is 14.3 Å². The largest absolute Gasteiger partial charge is 0.508 e. The second-order valence-electron chi connectivity index (χ2n) is 5.91. The van der Waals surface area contributed by atoms with E-state index in [-0.39, 0.29) is 41.5 Å². The molecule has 0 unspecified atom stereocenters. The second kappa shape index (κ2) is 12.9. The smallest absolute Gasteiger partial charge is 0.251 e. The van der Waals surface area contributed by atoms with Crippen LogP contribution in [-0.2, 0) is 6.54 Å². The van der Waals surface area contributed by atoms with Gasteiger partial charge in [-0.2, -0.15) is 0 Å². The summed E-state index contributed by atoms with van der Waals surface area (Å²) < 4.78 is 12.9. The molecule has 0 radical (unpaired) electrons. The fourth-order valence-electron chi connectivity index (χ4n) is 2.35. The van der Waals surface area contributed by atoms with Gasteiger partial charge in [0, 0.05) is 25.2 Å². The molecule has 0 aliphatic carbocycles. The quantitative estimate of drug-likeness (QED) is 0.194. The van der Waals surface area contributed by atoms with Crippen LogP contribution in [0.25, 0.3) is 0 Å². The molecule has 0 bridgehead atoms. The van der Waals surface area contributed by atoms with Crippen LogP contribution in [-0.4, -0.2) is 36.6 Å². The van der Waals surface area contributed by atoms with E-state index in [1.54, 1.807) is 24.3 Å². The maximum Gasteiger partial charge on any atom is 0.251 e. The van der Waals surface area contributed by atoms with Gasteiger partial charge >= 0.3 is 0 Å². The highest BCUT2D eigenvalue weighted by molar-refractivity contribution is 14.0. The molecular formula is C20H26FIN4O2. The molecule has 0 saturated heterocycles. The third-order valence-corrected chi connectivity index (χ3v) is 3.72. The van der Waals surface area contributed by atoms with Crippen molar-refractivity contribution in [1.82, 2.24) is 16.0 Å². The Hall–Kier alpha value is -2.36. The number of benzene rings is 2. The first-order valence-corrected chi connectivity index (χ1v) is 8.92. The number of aromatic hydroxyl groups is 1. The van der Waals surface area contributed by atoms with Gasteiger partial charge in [-0.25, -0.2) is 9.38 Å². The number of carbonyl (C=O) groups is 1. The Balaban J connectivity index is 0.00000392. The zero-order chi connectivity index (χ0) is 19.5. The van der Waals surface area contributed by atoms with Crippen molar-refractivity contribution in [1.29, 1.82) is 0 Å². The molecule has 8 heteroatoms. The number of hydrogen-bond acceptors (Lipinski definition) is 3. The Morgan fingerprint density at radius 2 is 1.79 bits per heavy atom. The molecule has 2 aromatic carbocycles. The molecule has 1 amide bonds. The summed E-state index contributed by atoms with van der Waals surface area (Å²) in [5.41, 5.74) is 1.35. The van der Waals surface area contributed by atoms with Crippen molar-refractivity contribution in [3.63, 3.8) is 0 Å². The summed E-state index contributed by atoms with van der Waals surface area (Å²) >= 11 is 0. The minimum absolute atomic E-state index is 0. The summed E-state index contributed by atoms with van der Waals surface area (Å²) in [6.45, 7) is 4.28. The molecule has 0 aliphatic rings. The molecule has 0 heterocycles. The lowest BCUT2D eigenvalue weighted by Crippen LogP contribution is -2.38. The first kappa shape index (κ1) is 23.7. The number of nitrogens with zero attached hydrogens (tertiary/aromatic N) is 1. The highest BCUT2D eigenvalue weighted by Crippen LogP contribution is 2.10. The van der Waals surface area contributed by atoms with Crippen LogP contribution in [0.5, 0.6) is 5.75 Å². The van der Waals surface area contributed by atoms with Crippen LogP contribution >= 0.6 is 24.0 Å². The molecule has 0 atom stereocenters. The second-order valence-corrected chi connectivity index (χ2v) is 5.91. The molecule has 6 nitrogen and oxygen atoms in total. The number of guanidine groups is 1. The van der Waals surface area contributed by atoms with Crippen LogP contribution in [0.15, 0.2) is 53.5 Å². The molecule has 0 aromatic heterocycles. The van der Waals surface area contributed by atoms with E-state index in [4.69, 9.17) is 0 Å². The highest BCUT2D eigenvalue weighted by Gasteiger charge is 2.05. The Labute approximate surface area is 181 Å². The van der Waals surface area contributed by atoms with Gasteiger partial charge in [-0.3, -0.25) is 4.79 Å². The van der Waals surface area contributed by atoms with Gasteiger partial charge < -0.3 is 21.1 Å². The summed E-state index contributed by atoms with van der Waals surface area (Å²) in [7, 11) is 0. The summed E-state index contributed by atoms with van der Waals surface area (Å²) in [6, 6.07) is 12.5. The number of halogens is 2. The standard InChI is InChI=1S/C20H25FN4O2.HI/c1-2-22-20(25-14-15-7-9-17(21)10-8-15)24-12-4-11-23-19(27)16-5-3-6-18(26)13-16;/h3,5-10,13,26H,2,4,11-12,14H2,1H3,(H,23,27)(H2,22,24,25);1H. The van der Waals surface area contributed by atoms with E-state index >= 15 is 0 Å². The molecule has 4 N–H and O–H groups in total. The van der Waals surface area contributed by atoms with Crippen molar-refractivity contribution >= 4 is 35.8 Å². The van der Waals surface area contributed by atoms with Gasteiger partial charge in [0.2, 0.25) is 0 Å². The van der Waals surface area contributed by atoms with Crippen LogP contribution in [0.4, 0.5) is 4.39 Å². The van der Waals surface area contributed by atoms with E-state index in [0.29, 0.717) is 37.6 Å². The summed E-state index contributed by atoms with van der Waals surface area (Å²) in [6.07, 6.45) is 0.714. The molecule has 2 aromatic rings. The fourth-order valence-corrected chi connectivity index (χ4v) is 2.35. The molecular weight excluding hydrogens is 474 g/mol. The predicted molar refractivity (Wildman–Crippen MR) is 120 cm³/mol. The van der Waals surface area contributed by atoms with E-state index in [0.717, 1.165) is 12.1 Å². The van der Waals surface area contributed by atoms with E-state index in [2.05, 4.69) is 20.9 Å². The molecule has 0 aliphatic heterocycles. The Bertz CT molecular complexity index is 769. The van der Waals surface area contributed by atoms with Gasteiger partial charge in [-0.1, -0.05) is 18.2 Å². The van der Waals surface area contributed by atoms with E-state index in [1.807, 2.05) is 6.92 Å². The lowest BCUT2D eigenvalue weighted by atomic mass is 10.2. The van der Waals surface area contributed by atoms with Gasteiger partial charge in [0.25, 0.3) is 5.91 Å². The molecule has 0 saturated carbocycles. The van der Waals surface area contributed by atoms with Crippen molar-refractivity contribution in [3.8, 4) is 5.75 Å². The lowest BCUT2D eigenvalue weighted by Gasteiger charge is -2.11. The molecule has 0 fully saturated rings. The maximum absolute atomic E-state index is 12.9. The number of phenolic OH excluding ortho intramolecular Hbond substituents is 1. The van der Waals surface area contributed by atoms with Crippen LogP contribution in [0, 0.1) is 5.82 Å². The third-order valence-electron chi connectivity index (χ3n) is 3.72. The number of phenols is 1. The van der Waals surface area contributed by atoms with Gasteiger partial charge in [0.15, 0.2) is 5.96 Å². The lowest BCUT2D eigenvalue weighted by molar-refractivity contribution is 0.0953. The van der Waals surface area contributed by atoms with Gasteiger partial charge in [-0.15, -0.1) is 24.0 Å². The zero-order valence-corrected chi connectivity index (χ0v) is 18.1. The summed E-state index contributed by atoms with van der Waals surface area (Å²) in [4.78, 5) is 16.4. The summed E-state index contributed by atoms with van der Waals surface area (Å²) in [5, 5.41) is 18.6.